The SMILES string of the molecule is Cc1c(C(=O)N2CCC[C@H]2C(=O)O)sc2nc(C(F)(F)F)ccc12. The topological polar surface area (TPSA) is 70.5 Å². The molecule has 0 unspecified atom stereocenters. The monoisotopic (exact) mass is 358 g/mol. The summed E-state index contributed by atoms with van der Waals surface area (Å²) in [6.07, 6.45) is -3.59. The third-order valence-electron chi connectivity index (χ3n) is 4.09. The van der Waals surface area contributed by atoms with Crippen LogP contribution in [0.3, 0.4) is 0 Å². The van der Waals surface area contributed by atoms with Crippen LogP contribution in [0.25, 0.3) is 10.2 Å². The summed E-state index contributed by atoms with van der Waals surface area (Å²) in [5.41, 5.74) is -0.489. The maximum Gasteiger partial charge on any atom is 0.433 e. The minimum atomic E-state index is -4.56. The number of aromatic nitrogens is 1. The second-order valence-corrected chi connectivity index (χ2v) is 6.60. The molecule has 1 fully saturated rings. The van der Waals surface area contributed by atoms with Crippen LogP contribution in [0.4, 0.5) is 13.2 Å². The molecular formula is C15H13F3N2O3S. The Labute approximate surface area is 138 Å². The summed E-state index contributed by atoms with van der Waals surface area (Å²) in [5, 5.41) is 9.66. The number of hydrogen-bond acceptors (Lipinski definition) is 4. The standard InChI is InChI=1S/C15H13F3N2O3S/c1-7-8-4-5-10(15(16,17)18)19-12(8)24-11(7)13(21)20-6-2-3-9(20)14(22)23/h4-5,9H,2-3,6H2,1H3,(H,22,23)/t9-/m0/s1. The predicted molar refractivity (Wildman–Crippen MR) is 81.1 cm³/mol. The minimum absolute atomic E-state index is 0.122. The number of halogens is 3. The van der Waals surface area contributed by atoms with Crippen LogP contribution in [0, 0.1) is 6.92 Å². The van der Waals surface area contributed by atoms with Gasteiger partial charge in [0.2, 0.25) is 0 Å². The van der Waals surface area contributed by atoms with Crippen molar-refractivity contribution < 1.29 is 27.9 Å². The number of amides is 1. The highest BCUT2D eigenvalue weighted by atomic mass is 32.1. The number of nitrogens with zero attached hydrogens (tertiary/aromatic N) is 2. The smallest absolute Gasteiger partial charge is 0.433 e. The van der Waals surface area contributed by atoms with E-state index in [0.717, 1.165) is 17.4 Å². The number of aliphatic carboxylic acids is 1. The molecule has 9 heteroatoms. The molecular weight excluding hydrogens is 345 g/mol. The molecule has 0 bridgehead atoms. The molecule has 0 saturated carbocycles. The zero-order valence-corrected chi connectivity index (χ0v) is 13.4. The lowest BCUT2D eigenvalue weighted by molar-refractivity contribution is -0.142. The van der Waals surface area contributed by atoms with Crippen LogP contribution in [-0.2, 0) is 11.0 Å². The molecule has 1 atom stereocenters. The molecule has 1 aliphatic heterocycles. The number of hydrogen-bond donors (Lipinski definition) is 1. The number of alkyl halides is 3. The van der Waals surface area contributed by atoms with Gasteiger partial charge in [-0.2, -0.15) is 13.2 Å². The van der Waals surface area contributed by atoms with Gasteiger partial charge in [-0.15, -0.1) is 11.3 Å². The maximum absolute atomic E-state index is 12.8. The molecule has 0 aromatic carbocycles. The Morgan fingerprint density at radius 2 is 2.08 bits per heavy atom. The highest BCUT2D eigenvalue weighted by Gasteiger charge is 2.36. The number of fused-ring (bicyclic) bond motifs is 1. The van der Waals surface area contributed by atoms with Gasteiger partial charge in [0.05, 0.1) is 4.88 Å². The first-order valence-corrected chi connectivity index (χ1v) is 8.03. The van der Waals surface area contributed by atoms with E-state index in [1.54, 1.807) is 6.92 Å². The predicted octanol–water partition coefficient (Wildman–Crippen LogP) is 3.31. The molecule has 5 nitrogen and oxygen atoms in total. The first-order valence-electron chi connectivity index (χ1n) is 7.21. The Bertz CT molecular complexity index is 831. The molecule has 2 aromatic rings. The van der Waals surface area contributed by atoms with Gasteiger partial charge in [0.1, 0.15) is 16.6 Å². The van der Waals surface area contributed by atoms with Crippen molar-refractivity contribution in [3.8, 4) is 0 Å². The summed E-state index contributed by atoms with van der Waals surface area (Å²) in [6.45, 7) is 1.96. The lowest BCUT2D eigenvalue weighted by Gasteiger charge is -2.20. The molecule has 1 N–H and O–H groups in total. The van der Waals surface area contributed by atoms with E-state index in [1.165, 1.54) is 11.0 Å². The van der Waals surface area contributed by atoms with Gasteiger partial charge in [0.25, 0.3) is 5.91 Å². The van der Waals surface area contributed by atoms with Gasteiger partial charge in [0, 0.05) is 11.9 Å². The molecule has 128 valence electrons. The number of rotatable bonds is 2. The van der Waals surface area contributed by atoms with Gasteiger partial charge in [-0.3, -0.25) is 4.79 Å². The van der Waals surface area contributed by atoms with Crippen LogP contribution >= 0.6 is 11.3 Å². The molecule has 0 spiro atoms. The van der Waals surface area contributed by atoms with E-state index < -0.39 is 29.8 Å². The Kier molecular flexibility index (Phi) is 3.98. The first kappa shape index (κ1) is 16.7. The third kappa shape index (κ3) is 2.72. The van der Waals surface area contributed by atoms with E-state index in [9.17, 15) is 27.9 Å². The fourth-order valence-corrected chi connectivity index (χ4v) is 3.99. The molecule has 3 heterocycles. The lowest BCUT2D eigenvalue weighted by atomic mass is 10.1. The van der Waals surface area contributed by atoms with Crippen molar-refractivity contribution in [2.24, 2.45) is 0 Å². The molecule has 1 saturated heterocycles. The molecule has 3 rings (SSSR count). The van der Waals surface area contributed by atoms with Crippen molar-refractivity contribution in [1.29, 1.82) is 0 Å². The van der Waals surface area contributed by atoms with E-state index >= 15 is 0 Å². The zero-order chi connectivity index (χ0) is 17.6. The maximum atomic E-state index is 12.8. The summed E-state index contributed by atoms with van der Waals surface area (Å²) >= 11 is 0.868. The van der Waals surface area contributed by atoms with E-state index in [0.29, 0.717) is 30.3 Å². The van der Waals surface area contributed by atoms with Crippen LogP contribution in [0.5, 0.6) is 0 Å². The number of pyridine rings is 1. The highest BCUT2D eigenvalue weighted by molar-refractivity contribution is 7.20. The van der Waals surface area contributed by atoms with Crippen molar-refractivity contribution in [1.82, 2.24) is 9.88 Å². The quantitative estimate of drug-likeness (QED) is 0.894. The Morgan fingerprint density at radius 1 is 1.38 bits per heavy atom. The summed E-state index contributed by atoms with van der Waals surface area (Å²) in [6, 6.07) is 1.29. The summed E-state index contributed by atoms with van der Waals surface area (Å²) in [5.74, 6) is -1.54. The second kappa shape index (κ2) is 5.73. The van der Waals surface area contributed by atoms with Gasteiger partial charge in [0.15, 0.2) is 0 Å². The molecule has 0 radical (unpaired) electrons. The van der Waals surface area contributed by atoms with Gasteiger partial charge in [-0.25, -0.2) is 9.78 Å². The molecule has 24 heavy (non-hydrogen) atoms. The Balaban J connectivity index is 2.02. The van der Waals surface area contributed by atoms with Crippen LogP contribution in [0.1, 0.15) is 33.8 Å². The second-order valence-electron chi connectivity index (χ2n) is 5.60. The molecule has 1 aliphatic rings. The normalized spacial score (nSPS) is 18.3. The average molecular weight is 358 g/mol. The number of likely N-dealkylation sites (tertiary alicyclic amines) is 1. The molecule has 2 aromatic heterocycles. The van der Waals surface area contributed by atoms with Gasteiger partial charge >= 0.3 is 12.1 Å². The zero-order valence-electron chi connectivity index (χ0n) is 12.6. The van der Waals surface area contributed by atoms with Gasteiger partial charge < -0.3 is 10.0 Å². The van der Waals surface area contributed by atoms with Crippen LogP contribution in [0.2, 0.25) is 0 Å². The number of carboxylic acid groups (broad SMARTS) is 1. The molecule has 1 amide bonds. The summed E-state index contributed by atoms with van der Waals surface area (Å²) in [4.78, 5) is 29.1. The fraction of sp³-hybridized carbons (Fsp3) is 0.400. The van der Waals surface area contributed by atoms with E-state index in [2.05, 4.69) is 4.98 Å². The number of aryl methyl sites for hydroxylation is 1. The number of thiophene rings is 1. The van der Waals surface area contributed by atoms with Gasteiger partial charge in [-0.05, 0) is 37.5 Å². The molecule has 0 aliphatic carbocycles. The largest absolute Gasteiger partial charge is 0.480 e. The fourth-order valence-electron chi connectivity index (χ4n) is 2.86. The number of carboxylic acids is 1. The van der Waals surface area contributed by atoms with E-state index in [4.69, 9.17) is 0 Å². The minimum Gasteiger partial charge on any atom is -0.480 e. The number of carbonyl (C=O) groups excluding carboxylic acids is 1. The highest BCUT2D eigenvalue weighted by Crippen LogP contribution is 2.35. The van der Waals surface area contributed by atoms with Crippen LogP contribution in [-0.4, -0.2) is 39.5 Å². The van der Waals surface area contributed by atoms with Crippen LogP contribution in [0.15, 0.2) is 12.1 Å². The van der Waals surface area contributed by atoms with Gasteiger partial charge in [-0.1, -0.05) is 0 Å². The average Bonchev–Trinajstić information content (AvgIpc) is 3.10. The van der Waals surface area contributed by atoms with Crippen molar-refractivity contribution in [2.75, 3.05) is 6.54 Å². The summed E-state index contributed by atoms with van der Waals surface area (Å²) in [7, 11) is 0. The Morgan fingerprint density at radius 3 is 2.71 bits per heavy atom. The van der Waals surface area contributed by atoms with E-state index in [-0.39, 0.29) is 9.71 Å². The van der Waals surface area contributed by atoms with Crippen molar-refractivity contribution in [3.63, 3.8) is 0 Å². The van der Waals surface area contributed by atoms with Crippen LogP contribution < -0.4 is 0 Å². The third-order valence-corrected chi connectivity index (χ3v) is 5.28. The van der Waals surface area contributed by atoms with Crippen molar-refractivity contribution in [2.45, 2.75) is 32.0 Å². The Hall–Kier alpha value is -2.16. The number of carbonyl (C=O) groups is 2. The summed E-state index contributed by atoms with van der Waals surface area (Å²) < 4.78 is 38.3. The first-order chi connectivity index (χ1) is 11.2. The van der Waals surface area contributed by atoms with Crippen molar-refractivity contribution >= 4 is 33.4 Å². The van der Waals surface area contributed by atoms with Crippen molar-refractivity contribution in [3.05, 3.63) is 28.3 Å². The lowest BCUT2D eigenvalue weighted by Crippen LogP contribution is -2.40. The van der Waals surface area contributed by atoms with E-state index in [1.807, 2.05) is 0 Å².